The molecule has 0 spiro atoms. The minimum atomic E-state index is 0.0407. The van der Waals surface area contributed by atoms with Gasteiger partial charge in [0.1, 0.15) is 5.75 Å². The number of benzene rings is 1. The quantitative estimate of drug-likeness (QED) is 0.824. The number of hydrogen-bond donors (Lipinski definition) is 2. The predicted molar refractivity (Wildman–Crippen MR) is 102 cm³/mol. The van der Waals surface area contributed by atoms with Gasteiger partial charge in [0, 0.05) is 17.4 Å². The van der Waals surface area contributed by atoms with E-state index in [1.54, 1.807) is 7.11 Å². The molecule has 0 aliphatic carbocycles. The summed E-state index contributed by atoms with van der Waals surface area (Å²) in [5, 5.41) is 8.95. The van der Waals surface area contributed by atoms with E-state index in [1.165, 1.54) is 24.2 Å². The van der Waals surface area contributed by atoms with Gasteiger partial charge in [-0.2, -0.15) is 0 Å². The van der Waals surface area contributed by atoms with Crippen molar-refractivity contribution in [3.8, 4) is 17.0 Å². The molecule has 134 valence electrons. The molecule has 1 aromatic carbocycles. The number of rotatable bonds is 6. The van der Waals surface area contributed by atoms with E-state index in [0.29, 0.717) is 23.4 Å². The van der Waals surface area contributed by atoms with Gasteiger partial charge in [-0.3, -0.25) is 4.79 Å². The van der Waals surface area contributed by atoms with Crippen LogP contribution in [0, 0.1) is 11.8 Å². The van der Waals surface area contributed by atoms with Crippen molar-refractivity contribution in [1.29, 1.82) is 0 Å². The lowest BCUT2D eigenvalue weighted by Crippen LogP contribution is -2.34. The highest BCUT2D eigenvalue weighted by atomic mass is 32.1. The van der Waals surface area contributed by atoms with Gasteiger partial charge in [-0.05, 0) is 49.9 Å². The fraction of sp³-hybridized carbons (Fsp3) is 0.474. The van der Waals surface area contributed by atoms with Crippen LogP contribution in [-0.4, -0.2) is 31.1 Å². The van der Waals surface area contributed by atoms with Gasteiger partial charge in [0.15, 0.2) is 5.13 Å². The first kappa shape index (κ1) is 17.9. The number of aromatic nitrogens is 1. The standard InChI is InChI=1S/C19H25N3O2S/c1-13(14-6-5-9-20-11-14)10-18(23)22-19-21-16(12-25-19)15-7-3-4-8-17(15)24-2/h3-4,7-8,12-14,20H,5-6,9-11H2,1-2H3,(H,21,22,23). The molecule has 2 unspecified atom stereocenters. The number of carbonyl (C=O) groups excluding carboxylic acids is 1. The van der Waals surface area contributed by atoms with Crippen LogP contribution < -0.4 is 15.4 Å². The molecule has 0 bridgehead atoms. The molecule has 5 nitrogen and oxygen atoms in total. The number of amides is 1. The molecule has 6 heteroatoms. The number of para-hydroxylation sites is 1. The van der Waals surface area contributed by atoms with Crippen molar-refractivity contribution >= 4 is 22.4 Å². The zero-order chi connectivity index (χ0) is 17.6. The lowest BCUT2D eigenvalue weighted by atomic mass is 9.85. The molecule has 1 fully saturated rings. The third-order valence-corrected chi connectivity index (χ3v) is 5.54. The lowest BCUT2D eigenvalue weighted by Gasteiger charge is -2.27. The molecule has 1 aliphatic rings. The van der Waals surface area contributed by atoms with E-state index < -0.39 is 0 Å². The Kier molecular flexibility index (Phi) is 6.04. The van der Waals surface area contributed by atoms with Crippen molar-refractivity contribution in [2.24, 2.45) is 11.8 Å². The van der Waals surface area contributed by atoms with Crippen LogP contribution in [0.5, 0.6) is 5.75 Å². The van der Waals surface area contributed by atoms with E-state index in [9.17, 15) is 4.79 Å². The summed E-state index contributed by atoms with van der Waals surface area (Å²) in [5.41, 5.74) is 1.76. The summed E-state index contributed by atoms with van der Waals surface area (Å²) in [6.45, 7) is 4.28. The molecule has 2 heterocycles. The van der Waals surface area contributed by atoms with Gasteiger partial charge in [0.2, 0.25) is 5.91 Å². The van der Waals surface area contributed by atoms with Gasteiger partial charge >= 0.3 is 0 Å². The maximum Gasteiger partial charge on any atom is 0.226 e. The van der Waals surface area contributed by atoms with Gasteiger partial charge < -0.3 is 15.4 Å². The number of piperidine rings is 1. The van der Waals surface area contributed by atoms with Crippen LogP contribution >= 0.6 is 11.3 Å². The monoisotopic (exact) mass is 359 g/mol. The fourth-order valence-corrected chi connectivity index (χ4v) is 4.03. The number of hydrogen-bond acceptors (Lipinski definition) is 5. The average Bonchev–Trinajstić information content (AvgIpc) is 3.10. The number of thiazole rings is 1. The third-order valence-electron chi connectivity index (χ3n) is 4.78. The van der Waals surface area contributed by atoms with Crippen molar-refractivity contribution < 1.29 is 9.53 Å². The largest absolute Gasteiger partial charge is 0.496 e. The third kappa shape index (κ3) is 4.58. The van der Waals surface area contributed by atoms with E-state index >= 15 is 0 Å². The van der Waals surface area contributed by atoms with Gasteiger partial charge in [-0.15, -0.1) is 11.3 Å². The van der Waals surface area contributed by atoms with Crippen molar-refractivity contribution in [1.82, 2.24) is 10.3 Å². The minimum absolute atomic E-state index is 0.0407. The maximum atomic E-state index is 12.3. The summed E-state index contributed by atoms with van der Waals surface area (Å²) >= 11 is 1.44. The van der Waals surface area contributed by atoms with E-state index in [-0.39, 0.29) is 5.91 Å². The van der Waals surface area contributed by atoms with Crippen LogP contribution in [0.1, 0.15) is 26.2 Å². The molecule has 2 atom stereocenters. The first-order chi connectivity index (χ1) is 12.2. The smallest absolute Gasteiger partial charge is 0.226 e. The van der Waals surface area contributed by atoms with E-state index in [2.05, 4.69) is 22.5 Å². The number of carbonyl (C=O) groups is 1. The van der Waals surface area contributed by atoms with Crippen LogP contribution in [0.3, 0.4) is 0 Å². The zero-order valence-corrected chi connectivity index (χ0v) is 15.6. The number of anilines is 1. The molecule has 25 heavy (non-hydrogen) atoms. The second-order valence-electron chi connectivity index (χ2n) is 6.57. The SMILES string of the molecule is COc1ccccc1-c1csc(NC(=O)CC(C)C2CCCNC2)n1. The molecule has 3 rings (SSSR count). The van der Waals surface area contributed by atoms with Crippen molar-refractivity contribution in [2.75, 3.05) is 25.5 Å². The average molecular weight is 359 g/mol. The zero-order valence-electron chi connectivity index (χ0n) is 14.7. The van der Waals surface area contributed by atoms with E-state index in [0.717, 1.165) is 30.1 Å². The molecule has 1 aliphatic heterocycles. The number of nitrogens with one attached hydrogen (secondary N) is 2. The molecule has 1 amide bonds. The van der Waals surface area contributed by atoms with E-state index in [4.69, 9.17) is 4.74 Å². The summed E-state index contributed by atoms with van der Waals surface area (Å²) in [6.07, 6.45) is 2.94. The highest BCUT2D eigenvalue weighted by Gasteiger charge is 2.22. The van der Waals surface area contributed by atoms with Crippen LogP contribution in [0.2, 0.25) is 0 Å². The highest BCUT2D eigenvalue weighted by molar-refractivity contribution is 7.14. The van der Waals surface area contributed by atoms with Crippen molar-refractivity contribution in [3.63, 3.8) is 0 Å². The second-order valence-corrected chi connectivity index (χ2v) is 7.43. The van der Waals surface area contributed by atoms with Crippen LogP contribution in [-0.2, 0) is 4.79 Å². The van der Waals surface area contributed by atoms with Gasteiger partial charge in [-0.25, -0.2) is 4.98 Å². The first-order valence-electron chi connectivity index (χ1n) is 8.77. The summed E-state index contributed by atoms with van der Waals surface area (Å²) < 4.78 is 5.38. The molecule has 2 N–H and O–H groups in total. The Bertz CT molecular complexity index is 710. The van der Waals surface area contributed by atoms with Crippen LogP contribution in [0.25, 0.3) is 11.3 Å². The highest BCUT2D eigenvalue weighted by Crippen LogP contribution is 2.32. The first-order valence-corrected chi connectivity index (χ1v) is 9.65. The summed E-state index contributed by atoms with van der Waals surface area (Å²) in [4.78, 5) is 16.9. The Morgan fingerprint density at radius 3 is 3.08 bits per heavy atom. The molecule has 0 radical (unpaired) electrons. The number of ether oxygens (including phenoxy) is 1. The molecular weight excluding hydrogens is 334 g/mol. The van der Waals surface area contributed by atoms with Gasteiger partial charge in [0.25, 0.3) is 0 Å². The molecule has 0 saturated carbocycles. The molecular formula is C19H25N3O2S. The number of nitrogens with zero attached hydrogens (tertiary/aromatic N) is 1. The Morgan fingerprint density at radius 2 is 2.32 bits per heavy atom. The Balaban J connectivity index is 1.60. The topological polar surface area (TPSA) is 63.2 Å². The van der Waals surface area contributed by atoms with Gasteiger partial charge in [-0.1, -0.05) is 19.1 Å². The van der Waals surface area contributed by atoms with E-state index in [1.807, 2.05) is 29.6 Å². The van der Waals surface area contributed by atoms with Crippen molar-refractivity contribution in [2.45, 2.75) is 26.2 Å². The summed E-state index contributed by atoms with van der Waals surface area (Å²) in [7, 11) is 1.65. The molecule has 1 saturated heterocycles. The normalized spacial score (nSPS) is 18.6. The fourth-order valence-electron chi connectivity index (χ4n) is 3.30. The molecule has 1 aromatic heterocycles. The number of methoxy groups -OCH3 is 1. The summed E-state index contributed by atoms with van der Waals surface area (Å²) in [6, 6.07) is 7.76. The van der Waals surface area contributed by atoms with Crippen LogP contribution in [0.15, 0.2) is 29.6 Å². The summed E-state index contributed by atoms with van der Waals surface area (Å²) in [5.74, 6) is 1.78. The van der Waals surface area contributed by atoms with Crippen LogP contribution in [0.4, 0.5) is 5.13 Å². The Morgan fingerprint density at radius 1 is 1.48 bits per heavy atom. The Labute approximate surface area is 152 Å². The van der Waals surface area contributed by atoms with Gasteiger partial charge in [0.05, 0.1) is 12.8 Å². The maximum absolute atomic E-state index is 12.3. The molecule has 2 aromatic rings. The predicted octanol–water partition coefficient (Wildman–Crippen LogP) is 3.78. The Hall–Kier alpha value is -1.92. The lowest BCUT2D eigenvalue weighted by molar-refractivity contribution is -0.117. The minimum Gasteiger partial charge on any atom is -0.496 e. The van der Waals surface area contributed by atoms with Crippen molar-refractivity contribution in [3.05, 3.63) is 29.6 Å². The second kappa shape index (κ2) is 8.45.